The zero-order chi connectivity index (χ0) is 13.6. The van der Waals surface area contributed by atoms with Crippen molar-refractivity contribution in [3.8, 4) is 0 Å². The van der Waals surface area contributed by atoms with Gasteiger partial charge in [0.25, 0.3) is 0 Å². The molecular formula is C14H28N2O2. The fraction of sp³-hybridized carbons (Fsp3) is 0.929. The lowest BCUT2D eigenvalue weighted by molar-refractivity contribution is -0.122. The Morgan fingerprint density at radius 3 is 2.61 bits per heavy atom. The summed E-state index contributed by atoms with van der Waals surface area (Å²) in [5, 5.41) is 6.26. The van der Waals surface area contributed by atoms with Crippen molar-refractivity contribution < 1.29 is 9.53 Å². The molecule has 1 aliphatic heterocycles. The third-order valence-electron chi connectivity index (χ3n) is 3.78. The van der Waals surface area contributed by atoms with E-state index in [0.29, 0.717) is 12.6 Å². The van der Waals surface area contributed by atoms with E-state index in [9.17, 15) is 4.79 Å². The van der Waals surface area contributed by atoms with Crippen LogP contribution >= 0.6 is 0 Å². The molecule has 4 nitrogen and oxygen atoms in total. The van der Waals surface area contributed by atoms with Gasteiger partial charge in [-0.1, -0.05) is 13.8 Å². The number of carbonyl (C=O) groups is 1. The smallest absolute Gasteiger partial charge is 0.234 e. The standard InChI is InChI=1S/C14H28N2O2/c1-5-14(6-2)9-12(7-8-18-14)15-10-13(17)16-11(3)4/h11-12,15H,5-10H2,1-4H3,(H,16,17). The third-order valence-corrected chi connectivity index (χ3v) is 3.78. The van der Waals surface area contributed by atoms with Gasteiger partial charge in [-0.2, -0.15) is 0 Å². The molecule has 1 unspecified atom stereocenters. The fourth-order valence-corrected chi connectivity index (χ4v) is 2.55. The summed E-state index contributed by atoms with van der Waals surface area (Å²) in [5.41, 5.74) is 0.0183. The second-order valence-corrected chi connectivity index (χ2v) is 5.53. The van der Waals surface area contributed by atoms with Gasteiger partial charge in [0.2, 0.25) is 5.91 Å². The van der Waals surface area contributed by atoms with E-state index in [1.807, 2.05) is 13.8 Å². The summed E-state index contributed by atoms with van der Waals surface area (Å²) in [6, 6.07) is 0.607. The van der Waals surface area contributed by atoms with Gasteiger partial charge in [0.15, 0.2) is 0 Å². The number of carbonyl (C=O) groups excluding carboxylic acids is 1. The highest BCUT2D eigenvalue weighted by atomic mass is 16.5. The summed E-state index contributed by atoms with van der Waals surface area (Å²) in [7, 11) is 0. The minimum Gasteiger partial charge on any atom is -0.375 e. The van der Waals surface area contributed by atoms with Crippen LogP contribution in [0, 0.1) is 0 Å². The van der Waals surface area contributed by atoms with Crippen molar-refractivity contribution in [3.05, 3.63) is 0 Å². The number of rotatable bonds is 6. The summed E-state index contributed by atoms with van der Waals surface area (Å²) in [6.07, 6.45) is 4.09. The zero-order valence-electron chi connectivity index (χ0n) is 12.2. The van der Waals surface area contributed by atoms with Gasteiger partial charge in [0.1, 0.15) is 0 Å². The van der Waals surface area contributed by atoms with Gasteiger partial charge in [-0.15, -0.1) is 0 Å². The van der Waals surface area contributed by atoms with E-state index in [1.165, 1.54) is 0 Å². The van der Waals surface area contributed by atoms with Crippen LogP contribution in [-0.2, 0) is 9.53 Å². The van der Waals surface area contributed by atoms with E-state index in [-0.39, 0.29) is 17.6 Å². The predicted molar refractivity (Wildman–Crippen MR) is 73.6 cm³/mol. The van der Waals surface area contributed by atoms with Gasteiger partial charge in [-0.3, -0.25) is 4.79 Å². The van der Waals surface area contributed by atoms with Crippen LogP contribution in [0.15, 0.2) is 0 Å². The monoisotopic (exact) mass is 256 g/mol. The fourth-order valence-electron chi connectivity index (χ4n) is 2.55. The molecule has 1 amide bonds. The van der Waals surface area contributed by atoms with E-state index in [4.69, 9.17) is 4.74 Å². The molecule has 0 bridgehead atoms. The van der Waals surface area contributed by atoms with Crippen molar-refractivity contribution in [2.75, 3.05) is 13.2 Å². The molecule has 1 rings (SSSR count). The lowest BCUT2D eigenvalue weighted by Crippen LogP contribution is -2.49. The van der Waals surface area contributed by atoms with Crippen LogP contribution in [0.25, 0.3) is 0 Å². The molecular weight excluding hydrogens is 228 g/mol. The Hall–Kier alpha value is -0.610. The Balaban J connectivity index is 2.36. The molecule has 106 valence electrons. The zero-order valence-corrected chi connectivity index (χ0v) is 12.2. The van der Waals surface area contributed by atoms with Crippen molar-refractivity contribution in [3.63, 3.8) is 0 Å². The molecule has 0 aromatic carbocycles. The van der Waals surface area contributed by atoms with Crippen molar-refractivity contribution in [2.24, 2.45) is 0 Å². The maximum absolute atomic E-state index is 11.6. The molecule has 18 heavy (non-hydrogen) atoms. The Morgan fingerprint density at radius 2 is 2.06 bits per heavy atom. The molecule has 2 N–H and O–H groups in total. The first-order valence-corrected chi connectivity index (χ1v) is 7.18. The first-order chi connectivity index (χ1) is 8.51. The maximum atomic E-state index is 11.6. The van der Waals surface area contributed by atoms with E-state index in [2.05, 4.69) is 24.5 Å². The molecule has 0 aromatic heterocycles. The van der Waals surface area contributed by atoms with Crippen LogP contribution in [0.4, 0.5) is 0 Å². The van der Waals surface area contributed by atoms with E-state index in [1.54, 1.807) is 0 Å². The summed E-state index contributed by atoms with van der Waals surface area (Å²) in [5.74, 6) is 0.0788. The number of hydrogen-bond acceptors (Lipinski definition) is 3. The highest BCUT2D eigenvalue weighted by Crippen LogP contribution is 2.31. The Kier molecular flexibility index (Phi) is 6.09. The first kappa shape index (κ1) is 15.4. The topological polar surface area (TPSA) is 50.4 Å². The van der Waals surface area contributed by atoms with Crippen LogP contribution in [-0.4, -0.2) is 36.7 Å². The van der Waals surface area contributed by atoms with E-state index >= 15 is 0 Å². The molecule has 0 aromatic rings. The molecule has 0 spiro atoms. The van der Waals surface area contributed by atoms with Gasteiger partial charge < -0.3 is 15.4 Å². The van der Waals surface area contributed by atoms with Crippen LogP contribution in [0.2, 0.25) is 0 Å². The number of nitrogens with one attached hydrogen (secondary N) is 2. The van der Waals surface area contributed by atoms with Gasteiger partial charge in [-0.05, 0) is 39.5 Å². The molecule has 1 aliphatic rings. The molecule has 1 saturated heterocycles. The Labute approximate surface area is 111 Å². The SMILES string of the molecule is CCC1(CC)CC(NCC(=O)NC(C)C)CCO1. The van der Waals surface area contributed by atoms with Crippen molar-refractivity contribution in [2.45, 2.75) is 71.1 Å². The van der Waals surface area contributed by atoms with Crippen molar-refractivity contribution >= 4 is 5.91 Å². The summed E-state index contributed by atoms with van der Waals surface area (Å²) in [4.78, 5) is 11.6. The molecule has 1 fully saturated rings. The second kappa shape index (κ2) is 7.10. The lowest BCUT2D eigenvalue weighted by atomic mass is 9.86. The highest BCUT2D eigenvalue weighted by molar-refractivity contribution is 5.78. The van der Waals surface area contributed by atoms with Gasteiger partial charge in [-0.25, -0.2) is 0 Å². The Morgan fingerprint density at radius 1 is 1.39 bits per heavy atom. The molecule has 4 heteroatoms. The van der Waals surface area contributed by atoms with E-state index in [0.717, 1.165) is 32.3 Å². The summed E-state index contributed by atoms with van der Waals surface area (Å²) >= 11 is 0. The van der Waals surface area contributed by atoms with Gasteiger partial charge in [0.05, 0.1) is 12.1 Å². The largest absolute Gasteiger partial charge is 0.375 e. The van der Waals surface area contributed by atoms with Crippen molar-refractivity contribution in [1.29, 1.82) is 0 Å². The summed E-state index contributed by atoms with van der Waals surface area (Å²) < 4.78 is 5.92. The molecule has 0 aliphatic carbocycles. The normalized spacial score (nSPS) is 23.1. The minimum atomic E-state index is 0.0183. The second-order valence-electron chi connectivity index (χ2n) is 5.53. The van der Waals surface area contributed by atoms with E-state index < -0.39 is 0 Å². The van der Waals surface area contributed by atoms with Gasteiger partial charge >= 0.3 is 0 Å². The van der Waals surface area contributed by atoms with Crippen LogP contribution in [0.1, 0.15) is 53.4 Å². The maximum Gasteiger partial charge on any atom is 0.234 e. The quantitative estimate of drug-likeness (QED) is 0.762. The predicted octanol–water partition coefficient (Wildman–Crippen LogP) is 1.84. The van der Waals surface area contributed by atoms with Gasteiger partial charge in [0, 0.05) is 18.7 Å². The van der Waals surface area contributed by atoms with Crippen LogP contribution in [0.5, 0.6) is 0 Å². The lowest BCUT2D eigenvalue weighted by Gasteiger charge is -2.40. The van der Waals surface area contributed by atoms with Crippen molar-refractivity contribution in [1.82, 2.24) is 10.6 Å². The molecule has 0 saturated carbocycles. The number of amides is 1. The highest BCUT2D eigenvalue weighted by Gasteiger charge is 2.34. The van der Waals surface area contributed by atoms with Crippen LogP contribution in [0.3, 0.4) is 0 Å². The number of hydrogen-bond donors (Lipinski definition) is 2. The minimum absolute atomic E-state index is 0.0183. The average Bonchev–Trinajstić information content (AvgIpc) is 2.36. The first-order valence-electron chi connectivity index (χ1n) is 7.18. The average molecular weight is 256 g/mol. The van der Waals surface area contributed by atoms with Crippen LogP contribution < -0.4 is 10.6 Å². The third kappa shape index (κ3) is 4.58. The molecule has 0 radical (unpaired) electrons. The molecule has 1 heterocycles. The number of ether oxygens (including phenoxy) is 1. The molecule has 1 atom stereocenters. The Bertz CT molecular complexity index is 263. The summed E-state index contributed by atoms with van der Waals surface area (Å²) in [6.45, 7) is 9.52.